The van der Waals surface area contributed by atoms with Crippen molar-refractivity contribution in [3.63, 3.8) is 0 Å². The molecule has 1 aromatic heterocycles. The zero-order valence-electron chi connectivity index (χ0n) is 10.8. The van der Waals surface area contributed by atoms with Crippen molar-refractivity contribution in [3.05, 3.63) is 42.2 Å². The van der Waals surface area contributed by atoms with Crippen molar-refractivity contribution in [1.29, 1.82) is 0 Å². The molecule has 4 nitrogen and oxygen atoms in total. The van der Waals surface area contributed by atoms with Crippen LogP contribution in [-0.4, -0.2) is 15.8 Å². The van der Waals surface area contributed by atoms with E-state index in [4.69, 9.17) is 10.5 Å². The van der Waals surface area contributed by atoms with Crippen molar-refractivity contribution >= 4 is 0 Å². The molecule has 0 spiro atoms. The van der Waals surface area contributed by atoms with Crippen molar-refractivity contribution in [3.8, 4) is 11.5 Å². The largest absolute Gasteiger partial charge is 0.454 e. The lowest BCUT2D eigenvalue weighted by molar-refractivity contribution is -0.137. The molecule has 1 atom stereocenters. The zero-order chi connectivity index (χ0) is 14.8. The average Bonchev–Trinajstić information content (AvgIpc) is 2.75. The van der Waals surface area contributed by atoms with Gasteiger partial charge < -0.3 is 10.5 Å². The van der Waals surface area contributed by atoms with E-state index >= 15 is 0 Å². The number of ether oxygens (including phenoxy) is 1. The van der Waals surface area contributed by atoms with E-state index in [1.54, 1.807) is 10.9 Å². The van der Waals surface area contributed by atoms with Gasteiger partial charge in [0, 0.05) is 6.04 Å². The van der Waals surface area contributed by atoms with Gasteiger partial charge in [-0.2, -0.15) is 18.3 Å². The minimum absolute atomic E-state index is 0.0729. The Kier molecular flexibility index (Phi) is 3.99. The van der Waals surface area contributed by atoms with Crippen LogP contribution in [0.2, 0.25) is 0 Å². The van der Waals surface area contributed by atoms with Crippen LogP contribution in [-0.2, 0) is 12.7 Å². The highest BCUT2D eigenvalue weighted by Crippen LogP contribution is 2.32. The van der Waals surface area contributed by atoms with E-state index in [1.165, 1.54) is 18.3 Å². The van der Waals surface area contributed by atoms with E-state index in [-0.39, 0.29) is 11.8 Å². The van der Waals surface area contributed by atoms with Gasteiger partial charge in [0.25, 0.3) is 0 Å². The predicted molar refractivity (Wildman–Crippen MR) is 67.4 cm³/mol. The molecule has 20 heavy (non-hydrogen) atoms. The molecule has 0 aliphatic rings. The smallest absolute Gasteiger partial charge is 0.416 e. The third-order valence-electron chi connectivity index (χ3n) is 2.48. The third kappa shape index (κ3) is 3.74. The second kappa shape index (κ2) is 5.54. The van der Waals surface area contributed by atoms with Gasteiger partial charge in [0.05, 0.1) is 24.5 Å². The van der Waals surface area contributed by atoms with Crippen LogP contribution in [0.25, 0.3) is 0 Å². The van der Waals surface area contributed by atoms with Crippen LogP contribution in [0, 0.1) is 0 Å². The maximum absolute atomic E-state index is 12.6. The summed E-state index contributed by atoms with van der Waals surface area (Å²) in [6.07, 6.45) is -1.37. The summed E-state index contributed by atoms with van der Waals surface area (Å²) in [5.74, 6) is 0.477. The molecular weight excluding hydrogens is 271 g/mol. The standard InChI is InChI=1S/C13H14F3N3O/c1-9(17)7-19-8-12(6-18-19)20-11-4-2-3-10(5-11)13(14,15)16/h2-6,8-9H,7,17H2,1H3. The van der Waals surface area contributed by atoms with Gasteiger partial charge in [0.2, 0.25) is 0 Å². The lowest BCUT2D eigenvalue weighted by Gasteiger charge is -2.08. The summed E-state index contributed by atoms with van der Waals surface area (Å²) < 4.78 is 44.6. The molecule has 2 aromatic rings. The van der Waals surface area contributed by atoms with Crippen LogP contribution in [0.1, 0.15) is 12.5 Å². The molecule has 0 saturated heterocycles. The molecule has 0 radical (unpaired) electrons. The lowest BCUT2D eigenvalue weighted by atomic mass is 10.2. The SMILES string of the molecule is CC(N)Cn1cc(Oc2cccc(C(F)(F)F)c2)cn1. The summed E-state index contributed by atoms with van der Waals surface area (Å²) in [6, 6.07) is 4.62. The summed E-state index contributed by atoms with van der Waals surface area (Å²) in [5, 5.41) is 4.01. The Balaban J connectivity index is 2.12. The Morgan fingerprint density at radius 2 is 2.10 bits per heavy atom. The Hall–Kier alpha value is -2.02. The zero-order valence-corrected chi connectivity index (χ0v) is 10.8. The second-order valence-electron chi connectivity index (χ2n) is 4.50. The Bertz CT molecular complexity index is 578. The van der Waals surface area contributed by atoms with Crippen LogP contribution in [0.4, 0.5) is 13.2 Å². The number of benzene rings is 1. The van der Waals surface area contributed by atoms with Gasteiger partial charge in [0.15, 0.2) is 5.75 Å². The van der Waals surface area contributed by atoms with E-state index in [0.717, 1.165) is 12.1 Å². The number of rotatable bonds is 4. The molecule has 2 N–H and O–H groups in total. The molecule has 7 heteroatoms. The van der Waals surface area contributed by atoms with E-state index in [9.17, 15) is 13.2 Å². The minimum Gasteiger partial charge on any atom is -0.454 e. The fourth-order valence-electron chi connectivity index (χ4n) is 1.66. The summed E-state index contributed by atoms with van der Waals surface area (Å²) >= 11 is 0. The number of nitrogens with zero attached hydrogens (tertiary/aromatic N) is 2. The number of nitrogens with two attached hydrogens (primary N) is 1. The molecular formula is C13H14F3N3O. The number of aromatic nitrogens is 2. The van der Waals surface area contributed by atoms with Crippen LogP contribution >= 0.6 is 0 Å². The van der Waals surface area contributed by atoms with Gasteiger partial charge in [-0.25, -0.2) is 0 Å². The molecule has 1 heterocycles. The topological polar surface area (TPSA) is 53.1 Å². The first-order valence-corrected chi connectivity index (χ1v) is 5.98. The number of hydrogen-bond acceptors (Lipinski definition) is 3. The molecule has 0 aliphatic heterocycles. The van der Waals surface area contributed by atoms with Crippen molar-refractivity contribution in [2.24, 2.45) is 5.73 Å². The van der Waals surface area contributed by atoms with Crippen LogP contribution in [0.15, 0.2) is 36.7 Å². The van der Waals surface area contributed by atoms with Gasteiger partial charge in [0.1, 0.15) is 5.75 Å². The molecule has 0 fully saturated rings. The Morgan fingerprint density at radius 1 is 1.35 bits per heavy atom. The number of halogens is 3. The van der Waals surface area contributed by atoms with Gasteiger partial charge in [-0.05, 0) is 25.1 Å². The van der Waals surface area contributed by atoms with Gasteiger partial charge in [-0.1, -0.05) is 6.07 Å². The van der Waals surface area contributed by atoms with Crippen molar-refractivity contribution in [2.45, 2.75) is 25.7 Å². The Labute approximate surface area is 114 Å². The fraction of sp³-hybridized carbons (Fsp3) is 0.308. The monoisotopic (exact) mass is 285 g/mol. The predicted octanol–water partition coefficient (Wildman–Crippen LogP) is 3.04. The van der Waals surface area contributed by atoms with Gasteiger partial charge in [-0.3, -0.25) is 4.68 Å². The summed E-state index contributed by atoms with van der Waals surface area (Å²) in [4.78, 5) is 0. The molecule has 2 rings (SSSR count). The molecule has 0 bridgehead atoms. The summed E-state index contributed by atoms with van der Waals surface area (Å²) in [5.41, 5.74) is 4.88. The molecule has 108 valence electrons. The van der Waals surface area contributed by atoms with Crippen LogP contribution < -0.4 is 10.5 Å². The molecule has 1 unspecified atom stereocenters. The number of hydrogen-bond donors (Lipinski definition) is 1. The van der Waals surface area contributed by atoms with E-state index in [1.807, 2.05) is 6.92 Å². The minimum atomic E-state index is -4.39. The molecule has 0 amide bonds. The van der Waals surface area contributed by atoms with Gasteiger partial charge >= 0.3 is 6.18 Å². The summed E-state index contributed by atoms with van der Waals surface area (Å²) in [7, 11) is 0. The average molecular weight is 285 g/mol. The molecule has 0 aliphatic carbocycles. The highest BCUT2D eigenvalue weighted by molar-refractivity contribution is 5.33. The van der Waals surface area contributed by atoms with E-state index < -0.39 is 11.7 Å². The molecule has 1 aromatic carbocycles. The Morgan fingerprint density at radius 3 is 2.75 bits per heavy atom. The first-order valence-electron chi connectivity index (χ1n) is 5.98. The van der Waals surface area contributed by atoms with Crippen molar-refractivity contribution < 1.29 is 17.9 Å². The fourth-order valence-corrected chi connectivity index (χ4v) is 1.66. The van der Waals surface area contributed by atoms with Gasteiger partial charge in [-0.15, -0.1) is 0 Å². The summed E-state index contributed by atoms with van der Waals surface area (Å²) in [6.45, 7) is 2.33. The molecule has 0 saturated carbocycles. The van der Waals surface area contributed by atoms with Crippen LogP contribution in [0.3, 0.4) is 0 Å². The van der Waals surface area contributed by atoms with Crippen molar-refractivity contribution in [2.75, 3.05) is 0 Å². The number of alkyl halides is 3. The quantitative estimate of drug-likeness (QED) is 0.939. The van der Waals surface area contributed by atoms with Crippen LogP contribution in [0.5, 0.6) is 11.5 Å². The van der Waals surface area contributed by atoms with Crippen molar-refractivity contribution in [1.82, 2.24) is 9.78 Å². The maximum Gasteiger partial charge on any atom is 0.416 e. The first kappa shape index (κ1) is 14.4. The highest BCUT2D eigenvalue weighted by atomic mass is 19.4. The first-order chi connectivity index (χ1) is 9.34. The second-order valence-corrected chi connectivity index (χ2v) is 4.50. The highest BCUT2D eigenvalue weighted by Gasteiger charge is 2.30. The normalized spacial score (nSPS) is 13.2. The lowest BCUT2D eigenvalue weighted by Crippen LogP contribution is -2.22. The third-order valence-corrected chi connectivity index (χ3v) is 2.48. The maximum atomic E-state index is 12.6. The van der Waals surface area contributed by atoms with E-state index in [0.29, 0.717) is 12.3 Å². The van der Waals surface area contributed by atoms with E-state index in [2.05, 4.69) is 5.10 Å².